The number of hydrogen-bond donors (Lipinski definition) is 3. The number of nitrogens with zero attached hydrogens (tertiary/aromatic N) is 3. The van der Waals surface area contributed by atoms with Gasteiger partial charge in [-0.25, -0.2) is 9.78 Å². The monoisotopic (exact) mass is 598 g/mol. The van der Waals surface area contributed by atoms with E-state index in [-0.39, 0.29) is 36.5 Å². The minimum atomic E-state index is -0.362. The predicted molar refractivity (Wildman–Crippen MR) is 169 cm³/mol. The van der Waals surface area contributed by atoms with Crippen molar-refractivity contribution in [3.63, 3.8) is 0 Å². The minimum absolute atomic E-state index is 0.0655. The zero-order valence-corrected chi connectivity index (χ0v) is 25.2. The zero-order valence-electron chi connectivity index (χ0n) is 24.3. The van der Waals surface area contributed by atoms with Crippen LogP contribution in [0.5, 0.6) is 11.5 Å². The molecule has 43 heavy (non-hydrogen) atoms. The summed E-state index contributed by atoms with van der Waals surface area (Å²) < 4.78 is 5.98. The third kappa shape index (κ3) is 5.91. The van der Waals surface area contributed by atoms with Crippen LogP contribution in [0, 0.1) is 6.92 Å². The Labute approximate surface area is 254 Å². The van der Waals surface area contributed by atoms with Crippen LogP contribution in [0.1, 0.15) is 40.9 Å². The number of hydrogen-bond acceptors (Lipinski definition) is 7. The van der Waals surface area contributed by atoms with E-state index in [9.17, 15) is 14.4 Å². The quantitative estimate of drug-likeness (QED) is 0.236. The summed E-state index contributed by atoms with van der Waals surface area (Å²) in [5.41, 5.74) is 2.68. The Bertz CT molecular complexity index is 1690. The van der Waals surface area contributed by atoms with Crippen LogP contribution in [0.3, 0.4) is 0 Å². The summed E-state index contributed by atoms with van der Waals surface area (Å²) in [7, 11) is 3.70. The number of pyridine rings is 1. The highest BCUT2D eigenvalue weighted by Gasteiger charge is 2.35. The lowest BCUT2D eigenvalue weighted by Crippen LogP contribution is -2.54. The molecule has 0 saturated heterocycles. The number of para-hydroxylation sites is 1. The van der Waals surface area contributed by atoms with E-state index >= 15 is 0 Å². The van der Waals surface area contributed by atoms with Gasteiger partial charge >= 0.3 is 6.03 Å². The maximum atomic E-state index is 13.7. The second-order valence-corrected chi connectivity index (χ2v) is 12.2. The second-order valence-electron chi connectivity index (χ2n) is 11.2. The van der Waals surface area contributed by atoms with E-state index in [0.717, 1.165) is 42.4 Å². The molecule has 1 aliphatic carbocycles. The average molecular weight is 599 g/mol. The van der Waals surface area contributed by atoms with Gasteiger partial charge in [0, 0.05) is 18.3 Å². The van der Waals surface area contributed by atoms with Crippen molar-refractivity contribution < 1.29 is 19.1 Å². The van der Waals surface area contributed by atoms with Gasteiger partial charge in [0.1, 0.15) is 21.2 Å². The summed E-state index contributed by atoms with van der Waals surface area (Å²) in [6, 6.07) is 16.2. The van der Waals surface area contributed by atoms with E-state index in [1.807, 2.05) is 74.4 Å². The maximum absolute atomic E-state index is 13.7. The first-order chi connectivity index (χ1) is 20.8. The van der Waals surface area contributed by atoms with Gasteiger partial charge in [-0.2, -0.15) is 0 Å². The lowest BCUT2D eigenvalue weighted by Gasteiger charge is -2.33. The normalized spacial score (nSPS) is 18.0. The first-order valence-corrected chi connectivity index (χ1v) is 15.2. The Morgan fingerprint density at radius 3 is 2.49 bits per heavy atom. The molecular weight excluding hydrogens is 564 g/mol. The molecule has 1 saturated carbocycles. The van der Waals surface area contributed by atoms with Crippen LogP contribution < -0.4 is 25.6 Å². The van der Waals surface area contributed by atoms with Crippen LogP contribution in [0.4, 0.5) is 21.9 Å². The molecule has 3 heterocycles. The highest BCUT2D eigenvalue weighted by molar-refractivity contribution is 7.21. The number of carbonyl (C=O) groups is 3. The topological polar surface area (TPSA) is 116 Å². The molecule has 0 unspecified atom stereocenters. The molecule has 3 N–H and O–H groups in total. The van der Waals surface area contributed by atoms with Crippen molar-refractivity contribution in [2.75, 3.05) is 30.9 Å². The number of urea groups is 1. The number of aromatic nitrogens is 1. The summed E-state index contributed by atoms with van der Waals surface area (Å²) in [6.07, 6.45) is 5.19. The molecule has 1 aliphatic heterocycles. The van der Waals surface area contributed by atoms with Gasteiger partial charge < -0.3 is 25.6 Å². The minimum Gasteiger partial charge on any atom is -0.457 e. The van der Waals surface area contributed by atoms with Crippen molar-refractivity contribution in [1.82, 2.24) is 20.5 Å². The van der Waals surface area contributed by atoms with Crippen LogP contribution in [0.2, 0.25) is 0 Å². The smallest absolute Gasteiger partial charge is 0.331 e. The van der Waals surface area contributed by atoms with Gasteiger partial charge in [0.2, 0.25) is 5.91 Å². The SMILES string of the molecule is Cc1cc(Oc2ccccc2)ccc1N1C(=O)Nc2c(C(=O)N[C@H]3CCCC[C@H]3NC(=O)CN(C)C)sc3nccc1c23. The Kier molecular flexibility index (Phi) is 8.00. The molecule has 2 aromatic carbocycles. The summed E-state index contributed by atoms with van der Waals surface area (Å²) in [4.78, 5) is 48.8. The lowest BCUT2D eigenvalue weighted by molar-refractivity contribution is -0.122. The van der Waals surface area contributed by atoms with E-state index in [2.05, 4.69) is 20.9 Å². The molecule has 2 aliphatic rings. The third-order valence-corrected chi connectivity index (χ3v) is 8.83. The Balaban J connectivity index is 1.27. The summed E-state index contributed by atoms with van der Waals surface area (Å²) in [5, 5.41) is 9.95. The Morgan fingerprint density at radius 2 is 1.77 bits per heavy atom. The number of nitrogens with one attached hydrogen (secondary N) is 3. The first-order valence-electron chi connectivity index (χ1n) is 14.4. The second kappa shape index (κ2) is 12.0. The molecular formula is C32H34N6O4S. The molecule has 2 aromatic heterocycles. The number of amides is 4. The number of aryl methyl sites for hydroxylation is 1. The summed E-state index contributed by atoms with van der Waals surface area (Å²) >= 11 is 1.25. The Morgan fingerprint density at radius 1 is 1.02 bits per heavy atom. The molecule has 2 atom stereocenters. The molecule has 1 fully saturated rings. The number of rotatable bonds is 8. The van der Waals surface area contributed by atoms with Crippen LogP contribution >= 0.6 is 11.3 Å². The van der Waals surface area contributed by atoms with Crippen molar-refractivity contribution in [3.8, 4) is 11.5 Å². The van der Waals surface area contributed by atoms with E-state index in [1.165, 1.54) is 11.3 Å². The van der Waals surface area contributed by atoms with E-state index < -0.39 is 0 Å². The van der Waals surface area contributed by atoms with Crippen molar-refractivity contribution in [3.05, 3.63) is 71.2 Å². The molecule has 4 aromatic rings. The van der Waals surface area contributed by atoms with Gasteiger partial charge in [-0.15, -0.1) is 11.3 Å². The highest BCUT2D eigenvalue weighted by Crippen LogP contribution is 2.46. The van der Waals surface area contributed by atoms with E-state index in [0.29, 0.717) is 32.5 Å². The van der Waals surface area contributed by atoms with Gasteiger partial charge in [-0.3, -0.25) is 14.5 Å². The maximum Gasteiger partial charge on any atom is 0.331 e. The molecule has 0 bridgehead atoms. The molecule has 10 nitrogen and oxygen atoms in total. The molecule has 11 heteroatoms. The number of thiophene rings is 1. The number of anilines is 3. The van der Waals surface area contributed by atoms with Gasteiger partial charge in [-0.1, -0.05) is 31.0 Å². The van der Waals surface area contributed by atoms with Crippen LogP contribution in [0.25, 0.3) is 10.2 Å². The third-order valence-electron chi connectivity index (χ3n) is 7.73. The van der Waals surface area contributed by atoms with Gasteiger partial charge in [-0.05, 0) is 75.8 Å². The van der Waals surface area contributed by atoms with Crippen LogP contribution in [-0.2, 0) is 4.79 Å². The number of ether oxygens (including phenoxy) is 1. The predicted octanol–water partition coefficient (Wildman–Crippen LogP) is 5.80. The van der Waals surface area contributed by atoms with Crippen molar-refractivity contribution in [2.24, 2.45) is 0 Å². The van der Waals surface area contributed by atoms with E-state index in [1.54, 1.807) is 17.2 Å². The molecule has 0 radical (unpaired) electrons. The number of benzene rings is 2. The molecule has 4 amide bonds. The fourth-order valence-electron chi connectivity index (χ4n) is 5.80. The lowest BCUT2D eigenvalue weighted by atomic mass is 9.90. The van der Waals surface area contributed by atoms with Gasteiger partial charge in [0.15, 0.2) is 0 Å². The number of carbonyl (C=O) groups excluding carboxylic acids is 3. The zero-order chi connectivity index (χ0) is 30.1. The molecule has 222 valence electrons. The molecule has 6 rings (SSSR count). The standard InChI is InChI=1S/C32H34N6O4S/c1-19-17-21(42-20-9-5-4-6-10-20)13-14-24(19)38-25-15-16-33-31-27(25)28(36-32(38)41)29(43-31)30(40)35-23-12-8-7-11-22(23)34-26(39)18-37(2)3/h4-6,9-10,13-17,22-23H,7-8,11-12,18H2,1-3H3,(H,34,39)(H,35,40)(H,36,41)/t22-,23+/m1/s1. The summed E-state index contributed by atoms with van der Waals surface area (Å²) in [5.74, 6) is 1.04. The van der Waals surface area contributed by atoms with Gasteiger partial charge in [0.25, 0.3) is 5.91 Å². The van der Waals surface area contributed by atoms with Gasteiger partial charge in [0.05, 0.1) is 29.0 Å². The van der Waals surface area contributed by atoms with E-state index in [4.69, 9.17) is 4.74 Å². The first kappa shape index (κ1) is 28.6. The average Bonchev–Trinajstić information content (AvgIpc) is 3.34. The van der Waals surface area contributed by atoms with Crippen LogP contribution in [0.15, 0.2) is 60.8 Å². The van der Waals surface area contributed by atoms with Crippen molar-refractivity contribution >= 4 is 56.5 Å². The van der Waals surface area contributed by atoms with Crippen molar-refractivity contribution in [2.45, 2.75) is 44.7 Å². The van der Waals surface area contributed by atoms with Crippen molar-refractivity contribution in [1.29, 1.82) is 0 Å². The Hall–Kier alpha value is -4.48. The number of likely N-dealkylation sites (N-methyl/N-ethyl adjacent to an activating group) is 1. The largest absolute Gasteiger partial charge is 0.457 e. The molecule has 0 spiro atoms. The van der Waals surface area contributed by atoms with Crippen LogP contribution in [-0.4, -0.2) is 60.5 Å². The summed E-state index contributed by atoms with van der Waals surface area (Å²) in [6.45, 7) is 2.22. The fraction of sp³-hybridized carbons (Fsp3) is 0.312. The fourth-order valence-corrected chi connectivity index (χ4v) is 6.82. The highest BCUT2D eigenvalue weighted by atomic mass is 32.1.